The first-order valence-electron chi connectivity index (χ1n) is 7.38. The lowest BCUT2D eigenvalue weighted by Gasteiger charge is -2.12. The lowest BCUT2D eigenvalue weighted by molar-refractivity contribution is 0.328. The number of hydrogen-bond donors (Lipinski definition) is 0. The van der Waals surface area contributed by atoms with E-state index in [1.54, 1.807) is 23.0 Å². The van der Waals surface area contributed by atoms with Crippen molar-refractivity contribution >= 4 is 11.6 Å². The lowest BCUT2D eigenvalue weighted by Crippen LogP contribution is -2.06. The van der Waals surface area contributed by atoms with Gasteiger partial charge in [0.25, 0.3) is 0 Å². The summed E-state index contributed by atoms with van der Waals surface area (Å²) in [5.41, 5.74) is 2.36. The number of halogens is 2. The number of tetrazole rings is 1. The Morgan fingerprint density at radius 3 is 2.79 bits per heavy atom. The standard InChI is InChI=1S/C16H15ClFN5O/c1-3-24-16-13(12-4-5-15(18)14(17)7-12)6-11(8-19-16)9-23-10(2)20-21-22-23/h4-8H,3,9H2,1-2H3. The predicted octanol–water partition coefficient (Wildman–Crippen LogP) is 3.28. The third-order valence-electron chi connectivity index (χ3n) is 3.46. The van der Waals surface area contributed by atoms with E-state index in [1.807, 2.05) is 19.9 Å². The van der Waals surface area contributed by atoms with Crippen molar-refractivity contribution in [3.63, 3.8) is 0 Å². The molecule has 0 fully saturated rings. The van der Waals surface area contributed by atoms with Gasteiger partial charge in [-0.1, -0.05) is 17.7 Å². The maximum absolute atomic E-state index is 13.4. The average molecular weight is 348 g/mol. The number of aryl methyl sites for hydroxylation is 1. The molecule has 0 saturated carbocycles. The summed E-state index contributed by atoms with van der Waals surface area (Å²) in [6.45, 7) is 4.64. The molecule has 1 aromatic carbocycles. The Morgan fingerprint density at radius 1 is 1.29 bits per heavy atom. The Morgan fingerprint density at radius 2 is 2.12 bits per heavy atom. The highest BCUT2D eigenvalue weighted by Gasteiger charge is 2.12. The zero-order valence-corrected chi connectivity index (χ0v) is 14.0. The molecule has 2 aromatic heterocycles. The van der Waals surface area contributed by atoms with Crippen molar-refractivity contribution in [2.75, 3.05) is 6.61 Å². The summed E-state index contributed by atoms with van der Waals surface area (Å²) in [5.74, 6) is 0.708. The fraction of sp³-hybridized carbons (Fsp3) is 0.250. The Bertz CT molecular complexity index is 867. The molecule has 0 unspecified atom stereocenters. The maximum Gasteiger partial charge on any atom is 0.221 e. The van der Waals surface area contributed by atoms with Crippen LogP contribution in [-0.2, 0) is 6.54 Å². The van der Waals surface area contributed by atoms with E-state index in [1.165, 1.54) is 6.07 Å². The Kier molecular flexibility index (Phi) is 4.71. The molecular formula is C16H15ClFN5O. The largest absolute Gasteiger partial charge is 0.478 e. The first kappa shape index (κ1) is 16.3. The van der Waals surface area contributed by atoms with Gasteiger partial charge in [0.1, 0.15) is 11.6 Å². The molecule has 124 valence electrons. The second kappa shape index (κ2) is 6.92. The highest BCUT2D eigenvalue weighted by molar-refractivity contribution is 6.31. The van der Waals surface area contributed by atoms with E-state index >= 15 is 0 Å². The van der Waals surface area contributed by atoms with Crippen LogP contribution in [0, 0.1) is 12.7 Å². The van der Waals surface area contributed by atoms with Gasteiger partial charge in [-0.05, 0) is 53.6 Å². The average Bonchev–Trinajstić information content (AvgIpc) is 2.97. The molecule has 0 spiro atoms. The SMILES string of the molecule is CCOc1ncc(Cn2nnnc2C)cc1-c1ccc(F)c(Cl)c1. The van der Waals surface area contributed by atoms with Crippen molar-refractivity contribution in [3.8, 4) is 17.0 Å². The van der Waals surface area contributed by atoms with E-state index in [-0.39, 0.29) is 5.02 Å². The number of nitrogens with zero attached hydrogens (tertiary/aromatic N) is 5. The van der Waals surface area contributed by atoms with Crippen molar-refractivity contribution < 1.29 is 9.13 Å². The molecule has 0 aliphatic rings. The zero-order chi connectivity index (χ0) is 17.1. The fourth-order valence-corrected chi connectivity index (χ4v) is 2.45. The smallest absolute Gasteiger partial charge is 0.221 e. The molecule has 0 radical (unpaired) electrons. The molecule has 24 heavy (non-hydrogen) atoms. The molecule has 2 heterocycles. The minimum atomic E-state index is -0.466. The second-order valence-corrected chi connectivity index (χ2v) is 5.55. The number of aromatic nitrogens is 5. The molecule has 0 N–H and O–H groups in total. The molecule has 8 heteroatoms. The highest BCUT2D eigenvalue weighted by Crippen LogP contribution is 2.31. The minimum absolute atomic E-state index is 0.0525. The molecule has 0 amide bonds. The van der Waals surface area contributed by atoms with Gasteiger partial charge >= 0.3 is 0 Å². The van der Waals surface area contributed by atoms with Crippen LogP contribution in [-0.4, -0.2) is 31.8 Å². The third-order valence-corrected chi connectivity index (χ3v) is 3.75. The molecule has 6 nitrogen and oxygen atoms in total. The quantitative estimate of drug-likeness (QED) is 0.708. The van der Waals surface area contributed by atoms with Crippen molar-refractivity contribution in [3.05, 3.63) is 52.7 Å². The highest BCUT2D eigenvalue weighted by atomic mass is 35.5. The van der Waals surface area contributed by atoms with Crippen molar-refractivity contribution in [2.45, 2.75) is 20.4 Å². The first-order chi connectivity index (χ1) is 11.6. The van der Waals surface area contributed by atoms with Gasteiger partial charge in [0, 0.05) is 11.8 Å². The van der Waals surface area contributed by atoms with Gasteiger partial charge < -0.3 is 4.74 Å². The van der Waals surface area contributed by atoms with Gasteiger partial charge in [0.05, 0.1) is 18.2 Å². The summed E-state index contributed by atoms with van der Waals surface area (Å²) in [4.78, 5) is 4.37. The van der Waals surface area contributed by atoms with Crippen LogP contribution in [0.2, 0.25) is 5.02 Å². The topological polar surface area (TPSA) is 65.7 Å². The van der Waals surface area contributed by atoms with Gasteiger partial charge in [0.15, 0.2) is 0 Å². The maximum atomic E-state index is 13.4. The van der Waals surface area contributed by atoms with Crippen LogP contribution in [0.25, 0.3) is 11.1 Å². The van der Waals surface area contributed by atoms with Crippen molar-refractivity contribution in [2.24, 2.45) is 0 Å². The van der Waals surface area contributed by atoms with Gasteiger partial charge in [-0.3, -0.25) is 0 Å². The van der Waals surface area contributed by atoms with Crippen LogP contribution in [0.5, 0.6) is 5.88 Å². The summed E-state index contributed by atoms with van der Waals surface area (Å²) in [7, 11) is 0. The molecular weight excluding hydrogens is 333 g/mol. The Hall–Kier alpha value is -2.54. The summed E-state index contributed by atoms with van der Waals surface area (Å²) < 4.78 is 20.7. The molecule has 0 bridgehead atoms. The van der Waals surface area contributed by atoms with Crippen molar-refractivity contribution in [1.82, 2.24) is 25.2 Å². The van der Waals surface area contributed by atoms with E-state index in [4.69, 9.17) is 16.3 Å². The lowest BCUT2D eigenvalue weighted by atomic mass is 10.1. The summed E-state index contributed by atoms with van der Waals surface area (Å²) in [5, 5.41) is 11.5. The van der Waals surface area contributed by atoms with Gasteiger partial charge in [-0.15, -0.1) is 5.10 Å². The van der Waals surface area contributed by atoms with E-state index in [0.29, 0.717) is 24.9 Å². The number of rotatable bonds is 5. The number of hydrogen-bond acceptors (Lipinski definition) is 5. The third kappa shape index (κ3) is 3.35. The summed E-state index contributed by atoms with van der Waals surface area (Å²) in [6, 6.07) is 6.45. The van der Waals surface area contributed by atoms with Gasteiger partial charge in [-0.25, -0.2) is 14.1 Å². The Balaban J connectivity index is 2.02. The predicted molar refractivity (Wildman–Crippen MR) is 87.5 cm³/mol. The zero-order valence-electron chi connectivity index (χ0n) is 13.2. The molecule has 0 aliphatic carbocycles. The number of ether oxygens (including phenoxy) is 1. The van der Waals surface area contributed by atoms with Crippen molar-refractivity contribution in [1.29, 1.82) is 0 Å². The molecule has 0 atom stereocenters. The minimum Gasteiger partial charge on any atom is -0.478 e. The molecule has 3 aromatic rings. The van der Waals surface area contributed by atoms with Crippen LogP contribution >= 0.6 is 11.6 Å². The fourth-order valence-electron chi connectivity index (χ4n) is 2.27. The normalized spacial score (nSPS) is 10.8. The summed E-state index contributed by atoms with van der Waals surface area (Å²) in [6.07, 6.45) is 1.71. The number of benzene rings is 1. The van der Waals surface area contributed by atoms with Crippen LogP contribution < -0.4 is 4.74 Å². The van der Waals surface area contributed by atoms with Crippen LogP contribution in [0.4, 0.5) is 4.39 Å². The van der Waals surface area contributed by atoms with Crippen LogP contribution in [0.15, 0.2) is 30.5 Å². The van der Waals surface area contributed by atoms with E-state index in [2.05, 4.69) is 20.5 Å². The molecule has 0 aliphatic heterocycles. The Labute approximate surface area is 143 Å². The van der Waals surface area contributed by atoms with E-state index in [9.17, 15) is 4.39 Å². The second-order valence-electron chi connectivity index (χ2n) is 5.14. The monoisotopic (exact) mass is 347 g/mol. The van der Waals surface area contributed by atoms with Crippen LogP contribution in [0.1, 0.15) is 18.3 Å². The first-order valence-corrected chi connectivity index (χ1v) is 7.76. The number of pyridine rings is 1. The summed E-state index contributed by atoms with van der Waals surface area (Å²) >= 11 is 5.90. The van der Waals surface area contributed by atoms with Gasteiger partial charge in [-0.2, -0.15) is 0 Å². The van der Waals surface area contributed by atoms with E-state index < -0.39 is 5.82 Å². The van der Waals surface area contributed by atoms with Gasteiger partial charge in [0.2, 0.25) is 5.88 Å². The molecule has 3 rings (SSSR count). The van der Waals surface area contributed by atoms with E-state index in [0.717, 1.165) is 16.7 Å². The van der Waals surface area contributed by atoms with Crippen LogP contribution in [0.3, 0.4) is 0 Å². The molecule has 0 saturated heterocycles.